The smallest absolute Gasteiger partial charge is 0.399 e. The molecular weight excluding hydrogens is 328 g/mol. The van der Waals surface area contributed by atoms with E-state index in [0.717, 1.165) is 12.1 Å². The van der Waals surface area contributed by atoms with Crippen molar-refractivity contribution in [3.63, 3.8) is 0 Å². The fourth-order valence-corrected chi connectivity index (χ4v) is 2.54. The summed E-state index contributed by atoms with van der Waals surface area (Å²) in [7, 11) is -0.561. The van der Waals surface area contributed by atoms with Crippen LogP contribution in [0.3, 0.4) is 0 Å². The van der Waals surface area contributed by atoms with Crippen molar-refractivity contribution in [2.24, 2.45) is 0 Å². The fraction of sp³-hybridized carbons (Fsp3) is 0.438. The SMILES string of the molecule is CC1(C)OB(c2cnn(Cc3cc([N+](=O)[O-])ccc3F)c2)OC1(C)C. The molecule has 1 aliphatic heterocycles. The molecule has 25 heavy (non-hydrogen) atoms. The van der Waals surface area contributed by atoms with E-state index in [0.29, 0.717) is 5.46 Å². The molecule has 0 amide bonds. The Bertz CT molecular complexity index is 805. The van der Waals surface area contributed by atoms with Crippen LogP contribution < -0.4 is 5.46 Å². The highest BCUT2D eigenvalue weighted by atomic mass is 19.1. The maximum atomic E-state index is 13.9. The molecule has 1 aromatic carbocycles. The minimum Gasteiger partial charge on any atom is -0.399 e. The molecule has 0 N–H and O–H groups in total. The minimum atomic E-state index is -0.561. The zero-order valence-electron chi connectivity index (χ0n) is 14.5. The van der Waals surface area contributed by atoms with Gasteiger partial charge in [0.2, 0.25) is 0 Å². The van der Waals surface area contributed by atoms with Crippen molar-refractivity contribution in [2.75, 3.05) is 0 Å². The number of rotatable bonds is 4. The quantitative estimate of drug-likeness (QED) is 0.482. The molecule has 9 heteroatoms. The van der Waals surface area contributed by atoms with Crippen molar-refractivity contribution >= 4 is 18.3 Å². The molecular formula is C16H19BFN3O4. The van der Waals surface area contributed by atoms with Crippen molar-refractivity contribution in [2.45, 2.75) is 45.4 Å². The second-order valence-corrected chi connectivity index (χ2v) is 7.09. The molecule has 7 nitrogen and oxygen atoms in total. The Kier molecular flexibility index (Phi) is 4.16. The minimum absolute atomic E-state index is 0.0764. The van der Waals surface area contributed by atoms with Gasteiger partial charge in [0, 0.05) is 35.6 Å². The maximum absolute atomic E-state index is 13.9. The first-order valence-corrected chi connectivity index (χ1v) is 7.90. The highest BCUT2D eigenvalue weighted by molar-refractivity contribution is 6.61. The second kappa shape index (κ2) is 5.92. The van der Waals surface area contributed by atoms with E-state index < -0.39 is 29.1 Å². The zero-order chi connectivity index (χ0) is 18.4. The van der Waals surface area contributed by atoms with Crippen molar-refractivity contribution in [3.05, 3.63) is 52.1 Å². The van der Waals surface area contributed by atoms with Crippen LogP contribution in [0.25, 0.3) is 0 Å². The molecule has 1 fully saturated rings. The summed E-state index contributed by atoms with van der Waals surface area (Å²) >= 11 is 0. The first-order chi connectivity index (χ1) is 11.6. The average molecular weight is 347 g/mol. The summed E-state index contributed by atoms with van der Waals surface area (Å²) in [5.41, 5.74) is -0.185. The molecule has 2 heterocycles. The Hall–Kier alpha value is -2.26. The first-order valence-electron chi connectivity index (χ1n) is 7.90. The zero-order valence-corrected chi connectivity index (χ0v) is 14.5. The van der Waals surface area contributed by atoms with E-state index in [4.69, 9.17) is 9.31 Å². The van der Waals surface area contributed by atoms with E-state index in [2.05, 4.69) is 5.10 Å². The molecule has 0 spiro atoms. The lowest BCUT2D eigenvalue weighted by molar-refractivity contribution is -0.385. The van der Waals surface area contributed by atoms with Crippen molar-refractivity contribution in [1.82, 2.24) is 9.78 Å². The number of nitro groups is 1. The van der Waals surface area contributed by atoms with E-state index >= 15 is 0 Å². The third-order valence-corrected chi connectivity index (χ3v) is 4.75. The Morgan fingerprint density at radius 2 is 1.92 bits per heavy atom. The summed E-state index contributed by atoms with van der Waals surface area (Å²) in [4.78, 5) is 10.3. The van der Waals surface area contributed by atoms with E-state index in [1.807, 2.05) is 27.7 Å². The molecule has 3 rings (SSSR count). The number of hydrogen-bond donors (Lipinski definition) is 0. The molecule has 0 saturated carbocycles. The number of aromatic nitrogens is 2. The average Bonchev–Trinajstić information content (AvgIpc) is 3.04. The first kappa shape index (κ1) is 17.6. The largest absolute Gasteiger partial charge is 0.498 e. The van der Waals surface area contributed by atoms with E-state index in [1.54, 1.807) is 12.4 Å². The predicted octanol–water partition coefficient (Wildman–Crippen LogP) is 2.28. The van der Waals surface area contributed by atoms with Crippen molar-refractivity contribution < 1.29 is 18.6 Å². The fourth-order valence-electron chi connectivity index (χ4n) is 2.54. The van der Waals surface area contributed by atoms with Gasteiger partial charge in [-0.05, 0) is 33.8 Å². The van der Waals surface area contributed by atoms with Gasteiger partial charge < -0.3 is 9.31 Å². The van der Waals surface area contributed by atoms with E-state index in [1.165, 1.54) is 10.7 Å². The highest BCUT2D eigenvalue weighted by Gasteiger charge is 2.52. The Labute approximate surface area is 145 Å². The highest BCUT2D eigenvalue weighted by Crippen LogP contribution is 2.36. The van der Waals surface area contributed by atoms with Crippen molar-refractivity contribution in [3.8, 4) is 0 Å². The number of halogens is 1. The third kappa shape index (κ3) is 3.29. The lowest BCUT2D eigenvalue weighted by atomic mass is 9.82. The Balaban J connectivity index is 1.79. The summed E-state index contributed by atoms with van der Waals surface area (Å²) in [5.74, 6) is -0.515. The van der Waals surface area contributed by atoms with Gasteiger partial charge >= 0.3 is 7.12 Å². The number of hydrogen-bond acceptors (Lipinski definition) is 5. The molecule has 0 unspecified atom stereocenters. The normalized spacial score (nSPS) is 18.5. The van der Waals surface area contributed by atoms with E-state index in [9.17, 15) is 14.5 Å². The summed E-state index contributed by atoms with van der Waals surface area (Å²) in [6, 6.07) is 3.44. The van der Waals surface area contributed by atoms with Gasteiger partial charge in [0.25, 0.3) is 5.69 Å². The van der Waals surface area contributed by atoms with Gasteiger partial charge in [-0.15, -0.1) is 0 Å². The number of non-ortho nitro benzene ring substituents is 1. The molecule has 1 aliphatic rings. The van der Waals surface area contributed by atoms with Crippen LogP contribution in [-0.4, -0.2) is 33.0 Å². The number of benzene rings is 1. The molecule has 1 aromatic heterocycles. The molecule has 0 radical (unpaired) electrons. The summed E-state index contributed by atoms with van der Waals surface area (Å²) in [6.07, 6.45) is 3.29. The lowest BCUT2D eigenvalue weighted by Crippen LogP contribution is -2.41. The lowest BCUT2D eigenvalue weighted by Gasteiger charge is -2.32. The monoisotopic (exact) mass is 347 g/mol. The van der Waals surface area contributed by atoms with Gasteiger partial charge in [0.1, 0.15) is 5.82 Å². The van der Waals surface area contributed by atoms with Crippen LogP contribution in [0, 0.1) is 15.9 Å². The van der Waals surface area contributed by atoms with Gasteiger partial charge in [-0.2, -0.15) is 5.10 Å². The third-order valence-electron chi connectivity index (χ3n) is 4.75. The van der Waals surface area contributed by atoms with Gasteiger partial charge in [-0.25, -0.2) is 4.39 Å². The van der Waals surface area contributed by atoms with Gasteiger partial charge in [0.15, 0.2) is 0 Å². The van der Waals surface area contributed by atoms with Crippen LogP contribution in [0.4, 0.5) is 10.1 Å². The molecule has 2 aromatic rings. The Morgan fingerprint density at radius 1 is 1.28 bits per heavy atom. The topological polar surface area (TPSA) is 79.4 Å². The summed E-state index contributed by atoms with van der Waals surface area (Å²) in [6.45, 7) is 7.89. The van der Waals surface area contributed by atoms with Crippen LogP contribution in [0.15, 0.2) is 30.6 Å². The second-order valence-electron chi connectivity index (χ2n) is 7.09. The Morgan fingerprint density at radius 3 is 2.52 bits per heavy atom. The van der Waals surface area contributed by atoms with Gasteiger partial charge in [0.05, 0.1) is 22.7 Å². The molecule has 0 aliphatic carbocycles. The van der Waals surface area contributed by atoms with Crippen LogP contribution in [-0.2, 0) is 15.9 Å². The van der Waals surface area contributed by atoms with Gasteiger partial charge in [-0.1, -0.05) is 0 Å². The molecule has 1 saturated heterocycles. The van der Waals surface area contributed by atoms with Crippen LogP contribution in [0.1, 0.15) is 33.3 Å². The molecule has 132 valence electrons. The molecule has 0 atom stereocenters. The summed E-state index contributed by atoms with van der Waals surface area (Å²) in [5, 5.41) is 15.0. The van der Waals surface area contributed by atoms with Crippen molar-refractivity contribution in [1.29, 1.82) is 0 Å². The van der Waals surface area contributed by atoms with Crippen LogP contribution >= 0.6 is 0 Å². The maximum Gasteiger partial charge on any atom is 0.498 e. The predicted molar refractivity (Wildman–Crippen MR) is 90.1 cm³/mol. The number of nitro benzene ring substituents is 1. The van der Waals surface area contributed by atoms with Gasteiger partial charge in [-0.3, -0.25) is 14.8 Å². The van der Waals surface area contributed by atoms with Crippen LogP contribution in [0.5, 0.6) is 0 Å². The number of nitrogens with zero attached hydrogens (tertiary/aromatic N) is 3. The summed E-state index contributed by atoms with van der Waals surface area (Å²) < 4.78 is 27.3. The van der Waals surface area contributed by atoms with E-state index in [-0.39, 0.29) is 17.8 Å². The van der Waals surface area contributed by atoms with Crippen LogP contribution in [0.2, 0.25) is 0 Å². The standard InChI is InChI=1S/C16H19BFN3O4/c1-15(2)16(3,4)25-17(24-15)12-8-19-20(10-12)9-11-7-13(21(22)23)5-6-14(11)18/h5-8,10H,9H2,1-4H3. The molecule has 0 bridgehead atoms.